The summed E-state index contributed by atoms with van der Waals surface area (Å²) >= 11 is 5.73. The van der Waals surface area contributed by atoms with Crippen LogP contribution in [0.5, 0.6) is 11.5 Å². The van der Waals surface area contributed by atoms with Gasteiger partial charge in [-0.2, -0.15) is 10.1 Å². The summed E-state index contributed by atoms with van der Waals surface area (Å²) in [5.41, 5.74) is 1.61. The summed E-state index contributed by atoms with van der Waals surface area (Å²) in [4.78, 5) is 25.4. The third kappa shape index (κ3) is 6.74. The Morgan fingerprint density at radius 1 is 1.13 bits per heavy atom. The lowest BCUT2D eigenvalue weighted by Crippen LogP contribution is -2.41. The molecule has 0 radical (unpaired) electrons. The molecule has 3 aromatic rings. The molecule has 2 amide bonds. The number of hydrogen-bond donors (Lipinski definition) is 1. The number of nitrogens with zero attached hydrogens (tertiary/aromatic N) is 4. The van der Waals surface area contributed by atoms with Crippen LogP contribution in [0, 0.1) is 0 Å². The second kappa shape index (κ2) is 11.6. The predicted octanol–water partition coefficient (Wildman–Crippen LogP) is 5.42. The van der Waals surface area contributed by atoms with E-state index >= 15 is 0 Å². The highest BCUT2D eigenvalue weighted by Crippen LogP contribution is 2.34. The number of carbonyl (C=O) groups is 2. The third-order valence-electron chi connectivity index (χ3n) is 5.49. The Labute approximate surface area is 225 Å². The van der Waals surface area contributed by atoms with Crippen LogP contribution >= 0.6 is 11.6 Å². The molecule has 10 nitrogen and oxygen atoms in total. The van der Waals surface area contributed by atoms with Gasteiger partial charge in [-0.3, -0.25) is 4.79 Å². The van der Waals surface area contributed by atoms with Crippen molar-refractivity contribution in [2.45, 2.75) is 32.4 Å². The largest absolute Gasteiger partial charge is 0.573 e. The van der Waals surface area contributed by atoms with Gasteiger partial charge in [-0.1, -0.05) is 36.7 Å². The van der Waals surface area contributed by atoms with E-state index in [9.17, 15) is 22.8 Å². The number of carbonyl (C=O) groups excluding carboxylic acids is 2. The first kappa shape index (κ1) is 27.6. The fourth-order valence-electron chi connectivity index (χ4n) is 3.69. The molecule has 4 rings (SSSR count). The minimum Gasteiger partial charge on any atom is -0.493 e. The molecule has 0 saturated heterocycles. The number of amides is 2. The lowest BCUT2D eigenvalue weighted by atomic mass is 10.0. The Hall–Kier alpha value is -4.39. The van der Waals surface area contributed by atoms with Crippen molar-refractivity contribution < 1.29 is 37.0 Å². The number of alkyl halides is 3. The van der Waals surface area contributed by atoms with Gasteiger partial charge in [0.25, 0.3) is 5.91 Å². The number of ether oxygens (including phenoxy) is 3. The topological polar surface area (TPSA) is 115 Å². The van der Waals surface area contributed by atoms with Gasteiger partial charge < -0.3 is 19.5 Å². The molecule has 0 fully saturated rings. The van der Waals surface area contributed by atoms with Crippen LogP contribution in [-0.4, -0.2) is 52.5 Å². The van der Waals surface area contributed by atoms with Gasteiger partial charge in [0.15, 0.2) is 22.3 Å². The molecule has 0 saturated carbocycles. The van der Waals surface area contributed by atoms with Gasteiger partial charge >= 0.3 is 12.5 Å². The molecule has 0 spiro atoms. The Balaban J connectivity index is 1.62. The number of hydrogen-bond acceptors (Lipinski definition) is 8. The number of nitrogens with one attached hydrogen (secondary N) is 1. The fraction of sp³-hybridized carbons (Fsp3) is 0.240. The Bertz CT molecular complexity index is 1400. The molecule has 1 N–H and O–H groups in total. The molecule has 1 atom stereocenters. The van der Waals surface area contributed by atoms with Crippen LogP contribution in [0.2, 0.25) is 5.15 Å². The first-order valence-electron chi connectivity index (χ1n) is 11.5. The Morgan fingerprint density at radius 3 is 2.56 bits per heavy atom. The minimum absolute atomic E-state index is 0.0320. The number of hydrazone groups is 1. The summed E-state index contributed by atoms with van der Waals surface area (Å²) in [6.07, 6.45) is -6.04. The van der Waals surface area contributed by atoms with Gasteiger partial charge in [-0.25, -0.2) is 4.79 Å². The summed E-state index contributed by atoms with van der Waals surface area (Å²) < 4.78 is 52.9. The molecule has 0 bridgehead atoms. The molecule has 1 aromatic heterocycles. The number of aromatic nitrogens is 2. The van der Waals surface area contributed by atoms with E-state index in [1.165, 1.54) is 31.4 Å². The van der Waals surface area contributed by atoms with Gasteiger partial charge in [0, 0.05) is 11.3 Å². The van der Waals surface area contributed by atoms with E-state index in [4.69, 9.17) is 21.1 Å². The van der Waals surface area contributed by atoms with Crippen LogP contribution < -0.4 is 14.8 Å². The molecule has 0 aliphatic carbocycles. The molecular weight excluding hydrogens is 543 g/mol. The second-order valence-corrected chi connectivity index (χ2v) is 8.48. The van der Waals surface area contributed by atoms with Crippen molar-refractivity contribution >= 4 is 35.0 Å². The molecule has 204 valence electrons. The van der Waals surface area contributed by atoms with E-state index in [2.05, 4.69) is 25.4 Å². The number of para-hydroxylation sites is 1. The quantitative estimate of drug-likeness (QED) is 0.389. The number of rotatable bonds is 8. The maximum atomic E-state index is 12.8. The average molecular weight is 564 g/mol. The lowest BCUT2D eigenvalue weighted by molar-refractivity contribution is -0.275. The Morgan fingerprint density at radius 2 is 1.90 bits per heavy atom. The van der Waals surface area contributed by atoms with Crippen molar-refractivity contribution in [3.63, 3.8) is 0 Å². The van der Waals surface area contributed by atoms with E-state index in [0.29, 0.717) is 28.9 Å². The highest BCUT2D eigenvalue weighted by atomic mass is 35.5. The molecule has 2 heterocycles. The van der Waals surface area contributed by atoms with E-state index in [1.807, 2.05) is 0 Å². The maximum absolute atomic E-state index is 12.8. The van der Waals surface area contributed by atoms with E-state index < -0.39 is 30.2 Å². The summed E-state index contributed by atoms with van der Waals surface area (Å²) in [5, 5.41) is 15.8. The van der Waals surface area contributed by atoms with Gasteiger partial charge in [-0.05, 0) is 48.4 Å². The number of benzene rings is 2. The maximum Gasteiger partial charge on any atom is 0.573 e. The molecule has 1 unspecified atom stereocenters. The molecule has 2 aromatic carbocycles. The van der Waals surface area contributed by atoms with Crippen molar-refractivity contribution in [3.05, 3.63) is 76.6 Å². The molecule has 39 heavy (non-hydrogen) atoms. The zero-order valence-electron chi connectivity index (χ0n) is 20.5. The van der Waals surface area contributed by atoms with E-state index in [0.717, 1.165) is 11.1 Å². The van der Waals surface area contributed by atoms with Crippen LogP contribution in [-0.2, 0) is 11.3 Å². The van der Waals surface area contributed by atoms with E-state index in [1.54, 1.807) is 31.2 Å². The zero-order chi connectivity index (χ0) is 28.2. The summed E-state index contributed by atoms with van der Waals surface area (Å²) in [5.74, 6) is -1.25. The first-order valence-corrected chi connectivity index (χ1v) is 11.8. The van der Waals surface area contributed by atoms with Gasteiger partial charge in [0.2, 0.25) is 0 Å². The van der Waals surface area contributed by atoms with Crippen molar-refractivity contribution in [1.29, 1.82) is 0 Å². The van der Waals surface area contributed by atoms with Gasteiger partial charge in [-0.15, -0.1) is 23.4 Å². The monoisotopic (exact) mass is 563 g/mol. The SMILES string of the molecule is CCC1OC(=O)N(Cc2ccccc2NC(=O)c2ccc(Cl)nn2)N=C1c1ccc(OC(F)(F)F)c(OC)c1. The molecular formula is C25H21ClF3N5O5. The molecule has 14 heteroatoms. The van der Waals surface area contributed by atoms with Crippen LogP contribution in [0.3, 0.4) is 0 Å². The second-order valence-electron chi connectivity index (χ2n) is 8.09. The standard InChI is InChI=1S/C25H21ClF3N5O5/c1-3-18-22(14-8-10-19(20(12-14)37-2)39-25(27,28)29)33-34(24(36)38-18)13-15-6-4-5-7-16(15)30-23(35)17-9-11-21(26)32-31-17/h4-12,18H,3,13H2,1-2H3,(H,30,35). The average Bonchev–Trinajstić information content (AvgIpc) is 2.90. The number of anilines is 1. The van der Waals surface area contributed by atoms with Crippen molar-refractivity contribution in [2.24, 2.45) is 5.10 Å². The zero-order valence-corrected chi connectivity index (χ0v) is 21.3. The van der Waals surface area contributed by atoms with Crippen LogP contribution in [0.25, 0.3) is 0 Å². The smallest absolute Gasteiger partial charge is 0.493 e. The summed E-state index contributed by atoms with van der Waals surface area (Å²) in [6, 6.07) is 13.4. The van der Waals surface area contributed by atoms with Crippen LogP contribution in [0.1, 0.15) is 35.0 Å². The normalized spacial score (nSPS) is 15.3. The minimum atomic E-state index is -4.90. The Kier molecular flexibility index (Phi) is 8.19. The van der Waals surface area contributed by atoms with Crippen molar-refractivity contribution in [3.8, 4) is 11.5 Å². The highest BCUT2D eigenvalue weighted by Gasteiger charge is 2.34. The molecule has 1 aliphatic rings. The predicted molar refractivity (Wildman–Crippen MR) is 134 cm³/mol. The van der Waals surface area contributed by atoms with E-state index in [-0.39, 0.29) is 23.1 Å². The molecule has 1 aliphatic heterocycles. The fourth-order valence-corrected chi connectivity index (χ4v) is 3.80. The lowest BCUT2D eigenvalue weighted by Gasteiger charge is -2.30. The summed E-state index contributed by atoms with van der Waals surface area (Å²) in [6.45, 7) is 1.68. The number of cyclic esters (lactones) is 1. The number of methoxy groups -OCH3 is 1. The number of halogens is 4. The van der Waals surface area contributed by atoms with Crippen molar-refractivity contribution in [1.82, 2.24) is 15.2 Å². The van der Waals surface area contributed by atoms with Crippen LogP contribution in [0.15, 0.2) is 59.7 Å². The van der Waals surface area contributed by atoms with Crippen molar-refractivity contribution in [2.75, 3.05) is 12.4 Å². The summed E-state index contributed by atoms with van der Waals surface area (Å²) in [7, 11) is 1.20. The van der Waals surface area contributed by atoms with Gasteiger partial charge in [0.05, 0.1) is 13.7 Å². The highest BCUT2D eigenvalue weighted by molar-refractivity contribution is 6.29. The third-order valence-corrected chi connectivity index (χ3v) is 5.70. The van der Waals surface area contributed by atoms with Gasteiger partial charge in [0.1, 0.15) is 11.8 Å². The first-order chi connectivity index (χ1) is 18.6. The van der Waals surface area contributed by atoms with Crippen LogP contribution in [0.4, 0.5) is 23.7 Å².